The molecule has 6 N–H and O–H groups in total. The van der Waals surface area contributed by atoms with Crippen molar-refractivity contribution in [2.75, 3.05) is 11.5 Å². The predicted octanol–water partition coefficient (Wildman–Crippen LogP) is 3.18. The van der Waals surface area contributed by atoms with Gasteiger partial charge in [-0.05, 0) is 62.1 Å². The number of nitrogens with two attached hydrogens (primary N) is 2. The van der Waals surface area contributed by atoms with Gasteiger partial charge in [-0.3, -0.25) is 9.59 Å². The second-order valence-electron chi connectivity index (χ2n) is 7.27. The molecule has 8 nitrogen and oxygen atoms in total. The van der Waals surface area contributed by atoms with Gasteiger partial charge in [-0.25, -0.2) is 10.9 Å². The smallest absolute Gasteiger partial charge is 0.240 e. The number of hydrogen-bond acceptors (Lipinski definition) is 6. The molecule has 0 aliphatic carbocycles. The number of carbonyl (C=O) groups excluding carboxylic acids is 2. The minimum absolute atomic E-state index is 0.150. The van der Waals surface area contributed by atoms with Crippen LogP contribution in [0.3, 0.4) is 0 Å². The summed E-state index contributed by atoms with van der Waals surface area (Å²) < 4.78 is 0. The van der Waals surface area contributed by atoms with Crippen LogP contribution in [-0.4, -0.2) is 23.2 Å². The Kier molecular flexibility index (Phi) is 9.22. The van der Waals surface area contributed by atoms with E-state index >= 15 is 0 Å². The maximum absolute atomic E-state index is 11.9. The summed E-state index contributed by atoms with van der Waals surface area (Å²) >= 11 is 0. The fraction of sp³-hybridized carbons (Fsp3) is 0.304. The van der Waals surface area contributed by atoms with Gasteiger partial charge in [0.05, 0.1) is 11.4 Å². The predicted molar refractivity (Wildman–Crippen MR) is 126 cm³/mol. The van der Waals surface area contributed by atoms with Crippen LogP contribution in [0.15, 0.2) is 58.7 Å². The standard InChI is InChI=1S/C23H30N6O2/c1-16(18-8-12-20(24)13-9-18)26-28-22(30)6-4-3-5-7-23(31)29-27-17(2)19-10-14-21(25)15-11-19/h8-15H,3-7,24-25H2,1-2H3,(H,28,30)(H,29,31)/b26-16+,27-17+. The molecule has 0 atom stereocenters. The highest BCUT2D eigenvalue weighted by molar-refractivity contribution is 6.00. The number of unbranched alkanes of at least 4 members (excludes halogenated alkanes) is 2. The number of hydrazone groups is 2. The number of rotatable bonds is 10. The van der Waals surface area contributed by atoms with E-state index in [0.29, 0.717) is 48.5 Å². The van der Waals surface area contributed by atoms with Gasteiger partial charge in [0, 0.05) is 24.2 Å². The molecule has 0 bridgehead atoms. The topological polar surface area (TPSA) is 135 Å². The molecule has 0 unspecified atom stereocenters. The lowest BCUT2D eigenvalue weighted by molar-refractivity contribution is -0.121. The maximum atomic E-state index is 11.9. The zero-order chi connectivity index (χ0) is 22.6. The average Bonchev–Trinajstić information content (AvgIpc) is 2.76. The van der Waals surface area contributed by atoms with E-state index in [9.17, 15) is 9.59 Å². The molecule has 0 saturated heterocycles. The zero-order valence-electron chi connectivity index (χ0n) is 18.0. The summed E-state index contributed by atoms with van der Waals surface area (Å²) in [5.74, 6) is -0.300. The fourth-order valence-corrected chi connectivity index (χ4v) is 2.73. The quantitative estimate of drug-likeness (QED) is 0.202. The molecule has 31 heavy (non-hydrogen) atoms. The van der Waals surface area contributed by atoms with Crippen molar-refractivity contribution in [3.05, 3.63) is 59.7 Å². The van der Waals surface area contributed by atoms with Gasteiger partial charge in [-0.2, -0.15) is 10.2 Å². The molecule has 0 spiro atoms. The van der Waals surface area contributed by atoms with Crippen LogP contribution < -0.4 is 22.3 Å². The SMILES string of the molecule is C/C(=N\NC(=O)CCCCCC(=O)N/N=C(\C)c1ccc(N)cc1)c1ccc(N)cc1. The summed E-state index contributed by atoms with van der Waals surface area (Å²) in [6.07, 6.45) is 2.85. The second-order valence-corrected chi connectivity index (χ2v) is 7.27. The summed E-state index contributed by atoms with van der Waals surface area (Å²) in [6, 6.07) is 14.6. The molecule has 0 aromatic heterocycles. The van der Waals surface area contributed by atoms with Crippen molar-refractivity contribution in [1.29, 1.82) is 0 Å². The van der Waals surface area contributed by atoms with Crippen LogP contribution in [0.25, 0.3) is 0 Å². The molecule has 2 aromatic rings. The highest BCUT2D eigenvalue weighted by Gasteiger charge is 2.04. The first kappa shape index (κ1) is 23.6. The molecule has 0 saturated carbocycles. The lowest BCUT2D eigenvalue weighted by Crippen LogP contribution is -2.19. The molecule has 0 aliphatic heterocycles. The molecular formula is C23H30N6O2. The molecular weight excluding hydrogens is 392 g/mol. The van der Waals surface area contributed by atoms with Crippen molar-refractivity contribution in [1.82, 2.24) is 10.9 Å². The molecule has 0 aliphatic rings. The van der Waals surface area contributed by atoms with E-state index in [0.717, 1.165) is 17.5 Å². The number of amides is 2. The van der Waals surface area contributed by atoms with E-state index in [1.165, 1.54) is 0 Å². The Morgan fingerprint density at radius 1 is 0.677 bits per heavy atom. The van der Waals surface area contributed by atoms with Crippen LogP contribution >= 0.6 is 0 Å². The van der Waals surface area contributed by atoms with E-state index in [4.69, 9.17) is 11.5 Å². The monoisotopic (exact) mass is 422 g/mol. The molecule has 0 fully saturated rings. The Morgan fingerprint density at radius 2 is 1.03 bits per heavy atom. The van der Waals surface area contributed by atoms with Crippen molar-refractivity contribution in [3.63, 3.8) is 0 Å². The van der Waals surface area contributed by atoms with E-state index in [-0.39, 0.29) is 11.8 Å². The van der Waals surface area contributed by atoms with Gasteiger partial charge >= 0.3 is 0 Å². The van der Waals surface area contributed by atoms with Crippen molar-refractivity contribution < 1.29 is 9.59 Å². The summed E-state index contributed by atoms with van der Waals surface area (Å²) in [5.41, 5.74) is 21.0. The Labute approximate surface area is 182 Å². The van der Waals surface area contributed by atoms with Gasteiger partial charge in [-0.1, -0.05) is 30.7 Å². The van der Waals surface area contributed by atoms with Crippen LogP contribution in [0.4, 0.5) is 11.4 Å². The number of carbonyl (C=O) groups is 2. The van der Waals surface area contributed by atoms with Crippen molar-refractivity contribution >= 4 is 34.6 Å². The maximum Gasteiger partial charge on any atom is 0.240 e. The molecule has 2 amide bonds. The third kappa shape index (κ3) is 8.69. The Bertz CT molecular complexity index is 856. The first-order valence-corrected chi connectivity index (χ1v) is 10.2. The van der Waals surface area contributed by atoms with Gasteiger partial charge in [0.15, 0.2) is 0 Å². The first-order chi connectivity index (χ1) is 14.8. The number of nitrogens with one attached hydrogen (secondary N) is 2. The van der Waals surface area contributed by atoms with Crippen molar-refractivity contribution in [3.8, 4) is 0 Å². The Morgan fingerprint density at radius 3 is 1.39 bits per heavy atom. The molecule has 2 aromatic carbocycles. The first-order valence-electron chi connectivity index (χ1n) is 10.2. The number of benzene rings is 2. The van der Waals surface area contributed by atoms with E-state index in [1.807, 2.05) is 38.1 Å². The summed E-state index contributed by atoms with van der Waals surface area (Å²) in [7, 11) is 0. The van der Waals surface area contributed by atoms with Crippen LogP contribution in [0.5, 0.6) is 0 Å². The third-order valence-corrected chi connectivity index (χ3v) is 4.66. The van der Waals surface area contributed by atoms with Crippen molar-refractivity contribution in [2.24, 2.45) is 10.2 Å². The van der Waals surface area contributed by atoms with Crippen molar-refractivity contribution in [2.45, 2.75) is 46.0 Å². The van der Waals surface area contributed by atoms with Crippen LogP contribution in [0, 0.1) is 0 Å². The fourth-order valence-electron chi connectivity index (χ4n) is 2.73. The number of hydrogen-bond donors (Lipinski definition) is 4. The van der Waals surface area contributed by atoms with Gasteiger partial charge in [0.2, 0.25) is 11.8 Å². The normalized spacial score (nSPS) is 11.8. The molecule has 0 radical (unpaired) electrons. The van der Waals surface area contributed by atoms with Crippen LogP contribution in [0.1, 0.15) is 57.1 Å². The largest absolute Gasteiger partial charge is 0.399 e. The lowest BCUT2D eigenvalue weighted by atomic mass is 10.1. The average molecular weight is 423 g/mol. The zero-order valence-corrected chi connectivity index (χ0v) is 18.0. The number of nitrogens with zero attached hydrogens (tertiary/aromatic N) is 2. The van der Waals surface area contributed by atoms with Gasteiger partial charge < -0.3 is 11.5 Å². The summed E-state index contributed by atoms with van der Waals surface area (Å²) in [6.45, 7) is 3.64. The van der Waals surface area contributed by atoms with Gasteiger partial charge in [-0.15, -0.1) is 0 Å². The number of anilines is 2. The number of nitrogen functional groups attached to an aromatic ring is 2. The molecule has 164 valence electrons. The molecule has 0 heterocycles. The summed E-state index contributed by atoms with van der Waals surface area (Å²) in [5, 5.41) is 8.22. The van der Waals surface area contributed by atoms with E-state index < -0.39 is 0 Å². The lowest BCUT2D eigenvalue weighted by Gasteiger charge is -2.05. The van der Waals surface area contributed by atoms with Gasteiger partial charge in [0.25, 0.3) is 0 Å². The van der Waals surface area contributed by atoms with Crippen LogP contribution in [0.2, 0.25) is 0 Å². The van der Waals surface area contributed by atoms with Crippen LogP contribution in [-0.2, 0) is 9.59 Å². The highest BCUT2D eigenvalue weighted by Crippen LogP contribution is 2.08. The second kappa shape index (κ2) is 12.1. The highest BCUT2D eigenvalue weighted by atomic mass is 16.2. The third-order valence-electron chi connectivity index (χ3n) is 4.66. The summed E-state index contributed by atoms with van der Waals surface area (Å²) in [4.78, 5) is 23.8. The van der Waals surface area contributed by atoms with E-state index in [2.05, 4.69) is 21.1 Å². The molecule has 2 rings (SSSR count). The van der Waals surface area contributed by atoms with Gasteiger partial charge in [0.1, 0.15) is 0 Å². The minimum Gasteiger partial charge on any atom is -0.399 e. The Hall–Kier alpha value is -3.68. The van der Waals surface area contributed by atoms with E-state index in [1.54, 1.807) is 24.3 Å². The molecule has 8 heteroatoms. The Balaban J connectivity index is 1.61. The minimum atomic E-state index is -0.150.